The molecule has 1 aromatic heterocycles. The molecule has 2 heterocycles. The number of carbonyl (C=O) groups excluding carboxylic acids is 1. The van der Waals surface area contributed by atoms with Crippen LogP contribution in [0.4, 0.5) is 16.3 Å². The number of hydrogen-bond acceptors (Lipinski definition) is 7. The van der Waals surface area contributed by atoms with Gasteiger partial charge >= 0.3 is 11.9 Å². The van der Waals surface area contributed by atoms with Gasteiger partial charge in [-0.15, -0.1) is 0 Å². The number of rotatable bonds is 4. The number of alkyl carbamates (subject to hydrolysis) is 1. The van der Waals surface area contributed by atoms with Gasteiger partial charge in [0.2, 0.25) is 0 Å². The van der Waals surface area contributed by atoms with E-state index in [-0.39, 0.29) is 11.9 Å². The average molecular weight is 324 g/mol. The number of carbonyl (C=O) groups is 1. The monoisotopic (exact) mass is 324 g/mol. The third kappa shape index (κ3) is 4.07. The summed E-state index contributed by atoms with van der Waals surface area (Å²) in [5.74, 6) is -0.189. The van der Waals surface area contributed by atoms with Gasteiger partial charge in [0.1, 0.15) is 0 Å². The fraction of sp³-hybridized carbons (Fsp3) is 0.571. The molecule has 1 N–H and O–H groups in total. The number of methoxy groups -OCH3 is 1. The first-order valence-corrected chi connectivity index (χ1v) is 7.16. The lowest BCUT2D eigenvalue weighted by molar-refractivity contribution is -0.389. The SMILES string of the molecule is COC(=O)NC(C)(C)C1CN(c2ccc([N+](=O)[O-])nc2)CCO1. The van der Waals surface area contributed by atoms with Crippen LogP contribution in [0.25, 0.3) is 0 Å². The third-order valence-electron chi connectivity index (χ3n) is 3.77. The van der Waals surface area contributed by atoms with E-state index >= 15 is 0 Å². The molecule has 0 saturated carbocycles. The Kier molecular flexibility index (Phi) is 4.99. The van der Waals surface area contributed by atoms with Crippen molar-refractivity contribution in [2.45, 2.75) is 25.5 Å². The minimum Gasteiger partial charge on any atom is -0.453 e. The molecule has 2 rings (SSSR count). The van der Waals surface area contributed by atoms with Crippen molar-refractivity contribution in [3.8, 4) is 0 Å². The van der Waals surface area contributed by atoms with E-state index in [0.717, 1.165) is 5.69 Å². The minimum atomic E-state index is -0.625. The number of nitrogens with one attached hydrogen (secondary N) is 1. The third-order valence-corrected chi connectivity index (χ3v) is 3.77. The lowest BCUT2D eigenvalue weighted by atomic mass is 9.95. The molecule has 1 saturated heterocycles. The van der Waals surface area contributed by atoms with Crippen molar-refractivity contribution in [1.82, 2.24) is 10.3 Å². The van der Waals surface area contributed by atoms with Crippen molar-refractivity contribution in [3.05, 3.63) is 28.4 Å². The van der Waals surface area contributed by atoms with Crippen LogP contribution in [0, 0.1) is 10.1 Å². The predicted octanol–water partition coefficient (Wildman–Crippen LogP) is 1.33. The summed E-state index contributed by atoms with van der Waals surface area (Å²) < 4.78 is 10.4. The van der Waals surface area contributed by atoms with E-state index in [9.17, 15) is 14.9 Å². The standard InChI is InChI=1S/C14H20N4O5/c1-14(2,16-13(19)22-3)11-9-17(6-7-23-11)10-4-5-12(15-8-10)18(20)21/h4-5,8,11H,6-7,9H2,1-3H3,(H,16,19). The second-order valence-electron chi connectivity index (χ2n) is 5.78. The van der Waals surface area contributed by atoms with Crippen LogP contribution in [0.5, 0.6) is 0 Å². The second-order valence-corrected chi connectivity index (χ2v) is 5.78. The molecule has 23 heavy (non-hydrogen) atoms. The van der Waals surface area contributed by atoms with E-state index in [1.54, 1.807) is 6.07 Å². The number of nitrogens with zero attached hydrogens (tertiary/aromatic N) is 3. The fourth-order valence-corrected chi connectivity index (χ4v) is 2.39. The summed E-state index contributed by atoms with van der Waals surface area (Å²) in [5, 5.41) is 13.4. The van der Waals surface area contributed by atoms with Crippen LogP contribution in [0.2, 0.25) is 0 Å². The van der Waals surface area contributed by atoms with Crippen LogP contribution in [-0.2, 0) is 9.47 Å². The zero-order valence-electron chi connectivity index (χ0n) is 13.3. The smallest absolute Gasteiger partial charge is 0.407 e. The molecule has 1 amide bonds. The number of anilines is 1. The number of hydrogen-bond donors (Lipinski definition) is 1. The number of amides is 1. The molecule has 0 aliphatic carbocycles. The lowest BCUT2D eigenvalue weighted by Crippen LogP contribution is -2.59. The Morgan fingerprint density at radius 2 is 2.30 bits per heavy atom. The zero-order valence-corrected chi connectivity index (χ0v) is 13.3. The summed E-state index contributed by atoms with van der Waals surface area (Å²) >= 11 is 0. The Morgan fingerprint density at radius 1 is 1.57 bits per heavy atom. The highest BCUT2D eigenvalue weighted by atomic mass is 16.6. The number of morpholine rings is 1. The van der Waals surface area contributed by atoms with Gasteiger partial charge in [0.25, 0.3) is 0 Å². The predicted molar refractivity (Wildman–Crippen MR) is 82.5 cm³/mol. The molecule has 126 valence electrons. The molecule has 1 fully saturated rings. The Hall–Kier alpha value is -2.42. The molecular weight excluding hydrogens is 304 g/mol. The van der Waals surface area contributed by atoms with Gasteiger partial charge < -0.3 is 29.8 Å². The summed E-state index contributed by atoms with van der Waals surface area (Å²) in [7, 11) is 1.31. The lowest BCUT2D eigenvalue weighted by Gasteiger charge is -2.41. The van der Waals surface area contributed by atoms with Crippen LogP contribution >= 0.6 is 0 Å². The molecule has 0 spiro atoms. The Labute approximate surface area is 133 Å². The molecule has 9 heteroatoms. The van der Waals surface area contributed by atoms with Crippen molar-refractivity contribution < 1.29 is 19.2 Å². The van der Waals surface area contributed by atoms with Crippen LogP contribution in [0.1, 0.15) is 13.8 Å². The summed E-state index contributed by atoms with van der Waals surface area (Å²) in [6.07, 6.45) is 0.694. The van der Waals surface area contributed by atoms with Gasteiger partial charge in [-0.2, -0.15) is 0 Å². The van der Waals surface area contributed by atoms with E-state index in [1.807, 2.05) is 18.7 Å². The summed E-state index contributed by atoms with van der Waals surface area (Å²) in [6.45, 7) is 5.35. The fourth-order valence-electron chi connectivity index (χ4n) is 2.39. The highest BCUT2D eigenvalue weighted by Gasteiger charge is 2.36. The van der Waals surface area contributed by atoms with E-state index in [1.165, 1.54) is 19.4 Å². The van der Waals surface area contributed by atoms with Crippen LogP contribution in [0.15, 0.2) is 18.3 Å². The van der Waals surface area contributed by atoms with Gasteiger partial charge in [-0.25, -0.2) is 4.79 Å². The molecule has 1 aromatic rings. The second kappa shape index (κ2) is 6.78. The Bertz CT molecular complexity index is 575. The maximum atomic E-state index is 11.4. The summed E-state index contributed by atoms with van der Waals surface area (Å²) in [6, 6.07) is 3.03. The zero-order chi connectivity index (χ0) is 17.0. The Balaban J connectivity index is 2.08. The van der Waals surface area contributed by atoms with Gasteiger partial charge in [0, 0.05) is 19.2 Å². The summed E-state index contributed by atoms with van der Waals surface area (Å²) in [4.78, 5) is 27.4. The van der Waals surface area contributed by atoms with E-state index < -0.39 is 16.6 Å². The van der Waals surface area contributed by atoms with E-state index in [2.05, 4.69) is 15.0 Å². The van der Waals surface area contributed by atoms with Gasteiger partial charge in [0.15, 0.2) is 6.20 Å². The topological polar surface area (TPSA) is 107 Å². The average Bonchev–Trinajstić information content (AvgIpc) is 2.54. The normalized spacial score (nSPS) is 18.4. The molecule has 0 radical (unpaired) electrons. The first kappa shape index (κ1) is 16.9. The molecule has 1 aliphatic heterocycles. The first-order valence-electron chi connectivity index (χ1n) is 7.16. The first-order chi connectivity index (χ1) is 10.8. The molecule has 0 bridgehead atoms. The minimum absolute atomic E-state index is 0.189. The van der Waals surface area contributed by atoms with Crippen molar-refractivity contribution in [2.24, 2.45) is 0 Å². The van der Waals surface area contributed by atoms with E-state index in [4.69, 9.17) is 4.74 Å². The molecule has 1 unspecified atom stereocenters. The number of aromatic nitrogens is 1. The van der Waals surface area contributed by atoms with Crippen molar-refractivity contribution in [2.75, 3.05) is 31.7 Å². The van der Waals surface area contributed by atoms with Gasteiger partial charge in [-0.3, -0.25) is 0 Å². The van der Waals surface area contributed by atoms with E-state index in [0.29, 0.717) is 19.7 Å². The van der Waals surface area contributed by atoms with Crippen molar-refractivity contribution in [3.63, 3.8) is 0 Å². The molecule has 1 aliphatic rings. The number of ether oxygens (including phenoxy) is 2. The maximum Gasteiger partial charge on any atom is 0.407 e. The highest BCUT2D eigenvalue weighted by molar-refractivity contribution is 5.68. The largest absolute Gasteiger partial charge is 0.453 e. The quantitative estimate of drug-likeness (QED) is 0.657. The van der Waals surface area contributed by atoms with Crippen molar-refractivity contribution >= 4 is 17.6 Å². The van der Waals surface area contributed by atoms with Crippen molar-refractivity contribution in [1.29, 1.82) is 0 Å². The number of pyridine rings is 1. The van der Waals surface area contributed by atoms with Crippen LogP contribution in [-0.4, -0.2) is 54.4 Å². The molecule has 1 atom stereocenters. The number of nitro groups is 1. The van der Waals surface area contributed by atoms with Crippen LogP contribution < -0.4 is 10.2 Å². The summed E-state index contributed by atoms with van der Waals surface area (Å²) in [5.41, 5.74) is 0.151. The molecular formula is C14H20N4O5. The van der Waals surface area contributed by atoms with Gasteiger partial charge in [-0.1, -0.05) is 0 Å². The highest BCUT2D eigenvalue weighted by Crippen LogP contribution is 2.23. The van der Waals surface area contributed by atoms with Crippen LogP contribution in [0.3, 0.4) is 0 Å². The maximum absolute atomic E-state index is 11.4. The molecule has 0 aromatic carbocycles. The Morgan fingerprint density at radius 3 is 2.87 bits per heavy atom. The molecule has 9 nitrogen and oxygen atoms in total. The van der Waals surface area contributed by atoms with Gasteiger partial charge in [-0.05, 0) is 29.8 Å². The van der Waals surface area contributed by atoms with Gasteiger partial charge in [0.05, 0.1) is 31.0 Å².